The van der Waals surface area contributed by atoms with Crippen LogP contribution < -0.4 is 11.1 Å². The first-order chi connectivity index (χ1) is 20.3. The Morgan fingerprint density at radius 2 is 1.58 bits per heavy atom. The number of fused-ring (bicyclic) bond motifs is 2. The van der Waals surface area contributed by atoms with Crippen molar-refractivity contribution in [2.45, 2.75) is 39.2 Å². The lowest BCUT2D eigenvalue weighted by atomic mass is 9.81. The monoisotopic (exact) mass is 582 g/mol. The number of aliphatic hydroxyl groups is 2. The van der Waals surface area contributed by atoms with E-state index in [2.05, 4.69) is 11.9 Å². The number of amides is 1. The third-order valence-corrected chi connectivity index (χ3v) is 8.14. The molecule has 9 nitrogen and oxygen atoms in total. The lowest BCUT2D eigenvalue weighted by Gasteiger charge is -2.27. The molecule has 0 radical (unpaired) electrons. The summed E-state index contributed by atoms with van der Waals surface area (Å²) in [5, 5.41) is 68.5. The normalized spacial score (nSPS) is 15.3. The molecule has 0 heterocycles. The molecule has 222 valence electrons. The SMILES string of the molecule is C=C(N)C1=C(O)C(O)Cc2c1cc(C)c(-c1c(C)cc3c(C(=O)NC[C@@H](C)c4ccccc4)c(O)c(O)cc3c1O)c2O. The van der Waals surface area contributed by atoms with Crippen LogP contribution in [0.5, 0.6) is 23.0 Å². The quantitative estimate of drug-likeness (QED) is 0.144. The van der Waals surface area contributed by atoms with Crippen molar-refractivity contribution in [3.8, 4) is 34.1 Å². The number of aromatic hydroxyl groups is 4. The molecule has 1 amide bonds. The lowest BCUT2D eigenvalue weighted by Crippen LogP contribution is -2.27. The predicted octanol–water partition coefficient (Wildman–Crippen LogP) is 5.14. The Morgan fingerprint density at radius 3 is 2.23 bits per heavy atom. The number of aliphatic hydroxyl groups excluding tert-OH is 2. The molecule has 2 atom stereocenters. The summed E-state index contributed by atoms with van der Waals surface area (Å²) >= 11 is 0. The molecule has 0 fully saturated rings. The first kappa shape index (κ1) is 29.3. The van der Waals surface area contributed by atoms with Crippen molar-refractivity contribution in [2.75, 3.05) is 6.54 Å². The van der Waals surface area contributed by atoms with Crippen LogP contribution in [0.1, 0.15) is 51.0 Å². The number of phenols is 4. The average molecular weight is 583 g/mol. The number of hydrogen-bond donors (Lipinski definition) is 8. The van der Waals surface area contributed by atoms with Gasteiger partial charge in [-0.3, -0.25) is 4.79 Å². The van der Waals surface area contributed by atoms with Gasteiger partial charge < -0.3 is 41.7 Å². The summed E-state index contributed by atoms with van der Waals surface area (Å²) in [5.41, 5.74) is 9.11. The van der Waals surface area contributed by atoms with Crippen molar-refractivity contribution in [2.24, 2.45) is 5.73 Å². The summed E-state index contributed by atoms with van der Waals surface area (Å²) in [6.07, 6.45) is -1.42. The summed E-state index contributed by atoms with van der Waals surface area (Å²) in [6.45, 7) is 9.30. The first-order valence-corrected chi connectivity index (χ1v) is 13.8. The van der Waals surface area contributed by atoms with E-state index in [1.54, 1.807) is 26.0 Å². The summed E-state index contributed by atoms with van der Waals surface area (Å²) in [7, 11) is 0. The van der Waals surface area contributed by atoms with E-state index in [1.165, 1.54) is 0 Å². The predicted molar refractivity (Wildman–Crippen MR) is 165 cm³/mol. The van der Waals surface area contributed by atoms with Crippen molar-refractivity contribution in [3.63, 3.8) is 0 Å². The molecule has 0 aliphatic heterocycles. The molecule has 0 saturated heterocycles. The second-order valence-corrected chi connectivity index (χ2v) is 11.1. The van der Waals surface area contributed by atoms with Gasteiger partial charge in [-0.05, 0) is 54.2 Å². The van der Waals surface area contributed by atoms with E-state index in [-0.39, 0.29) is 74.9 Å². The highest BCUT2D eigenvalue weighted by molar-refractivity contribution is 6.13. The van der Waals surface area contributed by atoms with Gasteiger partial charge in [0.25, 0.3) is 5.91 Å². The van der Waals surface area contributed by atoms with Crippen molar-refractivity contribution in [1.82, 2.24) is 5.32 Å². The van der Waals surface area contributed by atoms with Crippen LogP contribution in [0.4, 0.5) is 0 Å². The number of phenolic OH excluding ortho intramolecular Hbond substituents is 4. The number of nitrogens with one attached hydrogen (secondary N) is 1. The maximum atomic E-state index is 13.4. The molecule has 0 bridgehead atoms. The molecule has 4 aromatic carbocycles. The molecule has 9 heteroatoms. The summed E-state index contributed by atoms with van der Waals surface area (Å²) in [4.78, 5) is 13.4. The van der Waals surface area contributed by atoms with E-state index in [0.29, 0.717) is 22.3 Å². The zero-order chi connectivity index (χ0) is 31.3. The first-order valence-electron chi connectivity index (χ1n) is 13.8. The Labute approximate surface area is 248 Å². The van der Waals surface area contributed by atoms with Crippen molar-refractivity contribution >= 4 is 22.3 Å². The Bertz CT molecular complexity index is 1840. The lowest BCUT2D eigenvalue weighted by molar-refractivity contribution is 0.0950. The van der Waals surface area contributed by atoms with Crippen LogP contribution in [0.3, 0.4) is 0 Å². The number of hydrogen-bond acceptors (Lipinski definition) is 8. The Hall–Kier alpha value is -5.15. The number of allylic oxidation sites excluding steroid dienone is 1. The fourth-order valence-electron chi connectivity index (χ4n) is 5.93. The number of benzene rings is 4. The topological polar surface area (TPSA) is 176 Å². The molecular formula is C34H34N2O7. The number of aryl methyl sites for hydroxylation is 2. The summed E-state index contributed by atoms with van der Waals surface area (Å²) < 4.78 is 0. The number of carbonyl (C=O) groups excluding carboxylic acids is 1. The van der Waals surface area contributed by atoms with Gasteiger partial charge >= 0.3 is 0 Å². The third kappa shape index (κ3) is 4.87. The average Bonchev–Trinajstić information content (AvgIpc) is 2.96. The van der Waals surface area contributed by atoms with Crippen LogP contribution in [0.25, 0.3) is 27.5 Å². The fraction of sp³-hybridized carbons (Fsp3) is 0.206. The smallest absolute Gasteiger partial charge is 0.255 e. The van der Waals surface area contributed by atoms with Gasteiger partial charge in [0.05, 0.1) is 5.56 Å². The molecule has 1 unspecified atom stereocenters. The molecule has 43 heavy (non-hydrogen) atoms. The van der Waals surface area contributed by atoms with Crippen LogP contribution >= 0.6 is 0 Å². The minimum Gasteiger partial charge on any atom is -0.509 e. The van der Waals surface area contributed by atoms with Gasteiger partial charge in [-0.15, -0.1) is 0 Å². The summed E-state index contributed by atoms with van der Waals surface area (Å²) in [6, 6.07) is 14.1. The van der Waals surface area contributed by atoms with Crippen LogP contribution in [0.2, 0.25) is 0 Å². The molecule has 0 saturated carbocycles. The van der Waals surface area contributed by atoms with E-state index in [4.69, 9.17) is 5.73 Å². The van der Waals surface area contributed by atoms with E-state index >= 15 is 0 Å². The minimum atomic E-state index is -1.32. The molecule has 1 aliphatic rings. The van der Waals surface area contributed by atoms with Gasteiger partial charge in [-0.2, -0.15) is 0 Å². The molecule has 0 spiro atoms. The van der Waals surface area contributed by atoms with E-state index in [0.717, 1.165) is 11.6 Å². The van der Waals surface area contributed by atoms with Crippen LogP contribution in [-0.2, 0) is 6.42 Å². The zero-order valence-electron chi connectivity index (χ0n) is 24.1. The highest BCUT2D eigenvalue weighted by Crippen LogP contribution is 2.50. The minimum absolute atomic E-state index is 0.0213. The molecule has 5 rings (SSSR count). The molecule has 4 aromatic rings. The van der Waals surface area contributed by atoms with E-state index < -0.39 is 23.5 Å². The highest BCUT2D eigenvalue weighted by Gasteiger charge is 2.32. The summed E-state index contributed by atoms with van der Waals surface area (Å²) in [5.74, 6) is -2.76. The standard InChI is InChI=1S/C34H34N2O7/c1-15-10-20-22(12-24(37)32(41)28(20)18(4)35)30(39)26(15)27-16(2)11-21-23(31(27)40)13-25(38)33(42)29(21)34(43)36-14-17(3)19-8-6-5-7-9-19/h5-11,13,17,24,37-42H,4,12,14,35H2,1-3H3,(H,36,43)/t17-,24?/m1/s1. The van der Waals surface area contributed by atoms with Crippen LogP contribution in [0, 0.1) is 13.8 Å². The van der Waals surface area contributed by atoms with E-state index in [9.17, 15) is 35.4 Å². The van der Waals surface area contributed by atoms with Gasteiger partial charge in [-0.25, -0.2) is 0 Å². The fourth-order valence-corrected chi connectivity index (χ4v) is 5.93. The highest BCUT2D eigenvalue weighted by atomic mass is 16.3. The zero-order valence-corrected chi connectivity index (χ0v) is 24.1. The van der Waals surface area contributed by atoms with Crippen LogP contribution in [0.15, 0.2) is 66.6 Å². The molecule has 9 N–H and O–H groups in total. The van der Waals surface area contributed by atoms with Gasteiger partial charge in [-0.1, -0.05) is 49.9 Å². The number of rotatable bonds is 6. The third-order valence-electron chi connectivity index (χ3n) is 8.14. The van der Waals surface area contributed by atoms with Crippen LogP contribution in [-0.4, -0.2) is 49.2 Å². The maximum Gasteiger partial charge on any atom is 0.255 e. The second kappa shape index (κ2) is 10.9. The molecule has 1 aliphatic carbocycles. The Balaban J connectivity index is 1.64. The Morgan fingerprint density at radius 1 is 0.953 bits per heavy atom. The largest absolute Gasteiger partial charge is 0.509 e. The number of carbonyl (C=O) groups is 1. The van der Waals surface area contributed by atoms with Crippen molar-refractivity contribution in [3.05, 3.63) is 99.9 Å². The van der Waals surface area contributed by atoms with Gasteiger partial charge in [0.15, 0.2) is 11.5 Å². The van der Waals surface area contributed by atoms with Crippen molar-refractivity contribution in [1.29, 1.82) is 0 Å². The van der Waals surface area contributed by atoms with E-state index in [1.807, 2.05) is 37.3 Å². The molecule has 0 aromatic heterocycles. The maximum absolute atomic E-state index is 13.4. The Kier molecular flexibility index (Phi) is 7.45. The molecular weight excluding hydrogens is 548 g/mol. The van der Waals surface area contributed by atoms with Crippen molar-refractivity contribution < 1.29 is 35.4 Å². The van der Waals surface area contributed by atoms with Gasteiger partial charge in [0.1, 0.15) is 23.4 Å². The second-order valence-electron chi connectivity index (χ2n) is 11.1. The van der Waals surface area contributed by atoms with Gasteiger partial charge in [0.2, 0.25) is 0 Å². The number of nitrogens with two attached hydrogens (primary N) is 1. The van der Waals surface area contributed by atoms with Gasteiger partial charge in [0, 0.05) is 51.7 Å².